The maximum atomic E-state index is 2.47. The van der Waals surface area contributed by atoms with Crippen molar-refractivity contribution in [1.82, 2.24) is 10.7 Å². The molecular weight excluding hydrogens is 941 g/mol. The molecule has 0 fully saturated rings. The zero-order valence-electron chi connectivity index (χ0n) is 43.1. The van der Waals surface area contributed by atoms with E-state index in [0.717, 1.165) is 5.69 Å². The highest BCUT2D eigenvalue weighted by atomic mass is 15.0. The molecule has 0 saturated heterocycles. The largest absolute Gasteiger partial charge is 0.344 e. The Kier molecular flexibility index (Phi) is 12.5. The highest BCUT2D eigenvalue weighted by molar-refractivity contribution is 6.22. The molecule has 2 heteroatoms. The van der Waals surface area contributed by atoms with Gasteiger partial charge in [-0.05, 0) is 135 Å². The van der Waals surface area contributed by atoms with Gasteiger partial charge >= 0.3 is 0 Å². The minimum Gasteiger partial charge on any atom is -0.344 e. The summed E-state index contributed by atoms with van der Waals surface area (Å²) in [5.74, 6) is 0. The van der Waals surface area contributed by atoms with Crippen LogP contribution in [0.25, 0.3) is 137 Å². The number of para-hydroxylation sites is 1. The van der Waals surface area contributed by atoms with Crippen LogP contribution in [0.5, 0.6) is 0 Å². The van der Waals surface area contributed by atoms with Crippen LogP contribution in [0.4, 0.5) is 0 Å². The molecule has 14 aromatic carbocycles. The van der Waals surface area contributed by atoms with Gasteiger partial charge in [0.15, 0.2) is 0 Å². The van der Waals surface area contributed by atoms with E-state index in [1.54, 1.807) is 0 Å². The van der Waals surface area contributed by atoms with Crippen molar-refractivity contribution in [2.45, 2.75) is 0 Å². The minimum atomic E-state index is 0. The minimum absolute atomic E-state index is 0. The van der Waals surface area contributed by atoms with Crippen LogP contribution in [-0.2, 0) is 0 Å². The summed E-state index contributed by atoms with van der Waals surface area (Å²) in [5.41, 5.74) is 18.5. The highest BCUT2D eigenvalue weighted by Crippen LogP contribution is 2.46. The fourth-order valence-electron chi connectivity index (χ4n) is 12.0. The van der Waals surface area contributed by atoms with Gasteiger partial charge in [0.25, 0.3) is 0 Å². The van der Waals surface area contributed by atoms with Gasteiger partial charge in [0.05, 0.1) is 11.0 Å². The second-order valence-electron chi connectivity index (χ2n) is 19.9. The van der Waals surface area contributed by atoms with Crippen LogP contribution < -0.4 is 6.15 Å². The molecule has 0 aliphatic heterocycles. The van der Waals surface area contributed by atoms with E-state index in [-0.39, 0.29) is 6.15 Å². The number of hydrogen-bond acceptors (Lipinski definition) is 1. The van der Waals surface area contributed by atoms with Gasteiger partial charge in [-0.2, -0.15) is 0 Å². The molecule has 3 N–H and O–H groups in total. The van der Waals surface area contributed by atoms with E-state index in [1.165, 1.54) is 132 Å². The van der Waals surface area contributed by atoms with Crippen LogP contribution in [0, 0.1) is 0 Å². The highest BCUT2D eigenvalue weighted by Gasteiger charge is 2.22. The van der Waals surface area contributed by atoms with Gasteiger partial charge in [0, 0.05) is 22.0 Å². The van der Waals surface area contributed by atoms with E-state index in [4.69, 9.17) is 0 Å². The molecule has 0 atom stereocenters. The molecule has 1 aromatic heterocycles. The van der Waals surface area contributed by atoms with E-state index in [0.29, 0.717) is 0 Å². The van der Waals surface area contributed by atoms with Crippen molar-refractivity contribution in [2.75, 3.05) is 0 Å². The van der Waals surface area contributed by atoms with E-state index in [9.17, 15) is 0 Å². The molecule has 0 unspecified atom stereocenters. The Labute approximate surface area is 455 Å². The fourth-order valence-corrected chi connectivity index (χ4v) is 12.0. The van der Waals surface area contributed by atoms with Crippen molar-refractivity contribution in [3.8, 4) is 72.4 Å². The van der Waals surface area contributed by atoms with Crippen LogP contribution in [0.3, 0.4) is 0 Å². The average Bonchev–Trinajstić information content (AvgIpc) is 3.87. The molecule has 0 saturated carbocycles. The Morgan fingerprint density at radius 2 is 0.590 bits per heavy atom. The van der Waals surface area contributed by atoms with Gasteiger partial charge in [-0.3, -0.25) is 0 Å². The number of benzene rings is 14. The molecule has 15 rings (SSSR count). The third kappa shape index (κ3) is 8.38. The number of nitrogens with zero attached hydrogens (tertiary/aromatic N) is 1. The average molecular weight is 995 g/mol. The second-order valence-corrected chi connectivity index (χ2v) is 19.9. The van der Waals surface area contributed by atoms with Crippen molar-refractivity contribution in [1.29, 1.82) is 0 Å². The number of hydrogen-bond donors (Lipinski definition) is 1. The van der Waals surface area contributed by atoms with Crippen LogP contribution in [-0.4, -0.2) is 4.57 Å². The predicted molar refractivity (Wildman–Crippen MR) is 335 cm³/mol. The Morgan fingerprint density at radius 3 is 1.13 bits per heavy atom. The number of aromatic nitrogens is 1. The van der Waals surface area contributed by atoms with Gasteiger partial charge in [0.1, 0.15) is 0 Å². The van der Waals surface area contributed by atoms with Gasteiger partial charge in [-0.1, -0.05) is 279 Å². The lowest BCUT2D eigenvalue weighted by atomic mass is 9.86. The van der Waals surface area contributed by atoms with E-state index >= 15 is 0 Å². The SMILES string of the molecule is N.c1ccc(-c2ccc3c4ccccc4n(-c4ccc(-c5c6ccccc6c(-c6ccccc6)c6ccccc56)cc4)c3c2-c2ccccc2)cc1.c1ccc(-c2ccc3cc4ccccc4c(-c4ccccc4)c3c2)cc1. The second kappa shape index (κ2) is 20.5. The Hall–Kier alpha value is -10.1. The lowest BCUT2D eigenvalue weighted by Gasteiger charge is -2.18. The molecule has 0 aliphatic carbocycles. The smallest absolute Gasteiger partial charge is 0.0625 e. The van der Waals surface area contributed by atoms with Crippen LogP contribution >= 0.6 is 0 Å². The molecule has 0 radical (unpaired) electrons. The first kappa shape index (κ1) is 47.6. The van der Waals surface area contributed by atoms with Crippen molar-refractivity contribution in [3.05, 3.63) is 309 Å². The summed E-state index contributed by atoms with van der Waals surface area (Å²) < 4.78 is 2.47. The van der Waals surface area contributed by atoms with Crippen LogP contribution in [0.1, 0.15) is 0 Å². The zero-order chi connectivity index (χ0) is 51.1. The molecule has 368 valence electrons. The molecule has 0 bridgehead atoms. The summed E-state index contributed by atoms with van der Waals surface area (Å²) in [7, 11) is 0. The maximum Gasteiger partial charge on any atom is 0.0625 e. The molecule has 0 aliphatic rings. The Balaban J connectivity index is 0.000000180. The molecular formula is C76H54N2. The first-order valence-corrected chi connectivity index (χ1v) is 26.6. The van der Waals surface area contributed by atoms with Crippen molar-refractivity contribution >= 4 is 64.9 Å². The van der Waals surface area contributed by atoms with Gasteiger partial charge < -0.3 is 10.7 Å². The van der Waals surface area contributed by atoms with Crippen molar-refractivity contribution < 1.29 is 0 Å². The number of rotatable bonds is 7. The summed E-state index contributed by atoms with van der Waals surface area (Å²) in [6.07, 6.45) is 0. The molecule has 0 spiro atoms. The topological polar surface area (TPSA) is 39.9 Å². The van der Waals surface area contributed by atoms with Gasteiger partial charge in [0.2, 0.25) is 0 Å². The monoisotopic (exact) mass is 994 g/mol. The quantitative estimate of drug-likeness (QED) is 0.159. The summed E-state index contributed by atoms with van der Waals surface area (Å²) in [6, 6.07) is 112. The summed E-state index contributed by atoms with van der Waals surface area (Å²) in [6.45, 7) is 0. The van der Waals surface area contributed by atoms with Gasteiger partial charge in [-0.25, -0.2) is 0 Å². The first-order valence-electron chi connectivity index (χ1n) is 26.6. The lowest BCUT2D eigenvalue weighted by Crippen LogP contribution is -1.97. The summed E-state index contributed by atoms with van der Waals surface area (Å²) in [5, 5.41) is 12.7. The third-order valence-electron chi connectivity index (χ3n) is 15.4. The van der Waals surface area contributed by atoms with E-state index in [2.05, 4.69) is 314 Å². The normalized spacial score (nSPS) is 11.2. The Morgan fingerprint density at radius 1 is 0.205 bits per heavy atom. The molecule has 2 nitrogen and oxygen atoms in total. The Bertz CT molecular complexity index is 4570. The standard InChI is InChI=1S/C50H33N.C26H18.H3N/c1-4-16-34(17-5-1)39-32-33-45-40-22-14-15-27-46(40)51(50(45)49(39)36-20-8-3-9-21-36)38-30-28-37(29-31-38)48-43-25-12-10-23-41(43)47(35-18-6-2-7-19-35)42-24-11-13-26-44(42)48;1-3-9-19(10-4-1)21-15-16-23-17-22-13-7-8-14-24(22)26(25(23)18-21)20-11-5-2-6-12-20;/h1-33H;1-18H;1H3. The van der Waals surface area contributed by atoms with Crippen LogP contribution in [0.2, 0.25) is 0 Å². The first-order chi connectivity index (χ1) is 38.2. The zero-order valence-corrected chi connectivity index (χ0v) is 43.1. The summed E-state index contributed by atoms with van der Waals surface area (Å²) >= 11 is 0. The van der Waals surface area contributed by atoms with Crippen LogP contribution in [0.15, 0.2) is 309 Å². The molecule has 1 heterocycles. The van der Waals surface area contributed by atoms with E-state index in [1.807, 2.05) is 0 Å². The lowest BCUT2D eigenvalue weighted by molar-refractivity contribution is 1.18. The third-order valence-corrected chi connectivity index (χ3v) is 15.4. The fraction of sp³-hybridized carbons (Fsp3) is 0. The molecule has 0 amide bonds. The maximum absolute atomic E-state index is 2.47. The summed E-state index contributed by atoms with van der Waals surface area (Å²) in [4.78, 5) is 0. The molecule has 78 heavy (non-hydrogen) atoms. The van der Waals surface area contributed by atoms with Crippen molar-refractivity contribution in [3.63, 3.8) is 0 Å². The van der Waals surface area contributed by atoms with Gasteiger partial charge in [-0.15, -0.1) is 0 Å². The number of fused-ring (bicyclic) bond motifs is 7. The van der Waals surface area contributed by atoms with Crippen molar-refractivity contribution in [2.24, 2.45) is 0 Å². The predicted octanol–water partition coefficient (Wildman–Crippen LogP) is 21.2. The van der Waals surface area contributed by atoms with E-state index < -0.39 is 0 Å². The molecule has 15 aromatic rings.